The Balaban J connectivity index is 1.91. The second-order valence-corrected chi connectivity index (χ2v) is 7.68. The van der Waals surface area contributed by atoms with Gasteiger partial charge in [-0.2, -0.15) is 0 Å². The topological polar surface area (TPSA) is 79.2 Å². The van der Waals surface area contributed by atoms with E-state index in [4.69, 9.17) is 9.47 Å². The second kappa shape index (κ2) is 16.5. The first-order valence-electron chi connectivity index (χ1n) is 11.1. The number of hydrogen-bond donors (Lipinski definition) is 3. The fourth-order valence-corrected chi connectivity index (χ4v) is 3.45. The predicted octanol–water partition coefficient (Wildman–Crippen LogP) is 3.74. The van der Waals surface area contributed by atoms with E-state index in [1.807, 2.05) is 0 Å². The summed E-state index contributed by atoms with van der Waals surface area (Å²) in [4.78, 5) is 0. The summed E-state index contributed by atoms with van der Waals surface area (Å²) in [6, 6.07) is 0. The lowest BCUT2D eigenvalue weighted by atomic mass is 10.1. The summed E-state index contributed by atoms with van der Waals surface area (Å²) < 4.78 is 10.9. The number of hydrogen-bond acceptors (Lipinski definition) is 5. The monoisotopic (exact) mass is 386 g/mol. The Hall–Kier alpha value is -0.460. The number of unbranched alkanes of at least 4 members (excludes halogenated alkanes) is 10. The summed E-state index contributed by atoms with van der Waals surface area (Å²) in [6.45, 7) is 2.64. The minimum Gasteiger partial charge on any atom is -0.394 e. The van der Waals surface area contributed by atoms with Crippen LogP contribution in [0.15, 0.2) is 12.2 Å². The number of aliphatic hydroxyl groups excluding tert-OH is 3. The van der Waals surface area contributed by atoms with Gasteiger partial charge in [-0.05, 0) is 25.7 Å². The third-order valence-corrected chi connectivity index (χ3v) is 5.22. The Morgan fingerprint density at radius 3 is 2.07 bits per heavy atom. The van der Waals surface area contributed by atoms with Crippen LogP contribution in [0.3, 0.4) is 0 Å². The molecule has 0 spiro atoms. The van der Waals surface area contributed by atoms with Crippen molar-refractivity contribution >= 4 is 0 Å². The maximum Gasteiger partial charge on any atom is 0.114 e. The van der Waals surface area contributed by atoms with Crippen molar-refractivity contribution in [2.75, 3.05) is 19.8 Å². The van der Waals surface area contributed by atoms with Crippen molar-refractivity contribution in [1.82, 2.24) is 0 Å². The fraction of sp³-hybridized carbons (Fsp3) is 0.909. The van der Waals surface area contributed by atoms with E-state index < -0.39 is 24.4 Å². The lowest BCUT2D eigenvalue weighted by Crippen LogP contribution is -2.42. The summed E-state index contributed by atoms with van der Waals surface area (Å²) in [5.41, 5.74) is 0. The van der Waals surface area contributed by atoms with E-state index >= 15 is 0 Å². The molecule has 4 atom stereocenters. The summed E-state index contributed by atoms with van der Waals surface area (Å²) >= 11 is 0. The molecule has 0 aliphatic carbocycles. The maximum absolute atomic E-state index is 9.81. The molecular formula is C22H42O5. The lowest BCUT2D eigenvalue weighted by molar-refractivity contribution is -0.101. The first-order chi connectivity index (χ1) is 13.2. The predicted molar refractivity (Wildman–Crippen MR) is 109 cm³/mol. The Morgan fingerprint density at radius 1 is 0.926 bits per heavy atom. The molecule has 27 heavy (non-hydrogen) atoms. The van der Waals surface area contributed by atoms with Crippen LogP contribution in [-0.2, 0) is 9.47 Å². The van der Waals surface area contributed by atoms with Gasteiger partial charge in [-0.1, -0.05) is 70.4 Å². The molecule has 160 valence electrons. The first kappa shape index (κ1) is 24.6. The van der Waals surface area contributed by atoms with Gasteiger partial charge in [0, 0.05) is 6.61 Å². The van der Waals surface area contributed by atoms with Gasteiger partial charge < -0.3 is 24.8 Å². The highest BCUT2D eigenvalue weighted by atomic mass is 16.6. The van der Waals surface area contributed by atoms with Crippen LogP contribution >= 0.6 is 0 Å². The standard InChI is InChI=1S/C22H42O5/c1-2-3-4-5-6-7-8-9-10-11-12-13-14-15-16-26-20(17-23)22-21(25)19(24)18-27-22/h12-13,19-25H,2-11,14-18H2,1H3/b13-12+/t19-,20+,21+,22+/m1/s1. The molecule has 1 aliphatic heterocycles. The van der Waals surface area contributed by atoms with Gasteiger partial charge in [0.25, 0.3) is 0 Å². The highest BCUT2D eigenvalue weighted by molar-refractivity contribution is 4.88. The van der Waals surface area contributed by atoms with Crippen LogP contribution in [0.2, 0.25) is 0 Å². The van der Waals surface area contributed by atoms with Crippen LogP contribution in [0, 0.1) is 0 Å². The zero-order chi connectivity index (χ0) is 19.7. The average Bonchev–Trinajstić information content (AvgIpc) is 3.00. The molecule has 1 rings (SSSR count). The van der Waals surface area contributed by atoms with Crippen molar-refractivity contribution in [1.29, 1.82) is 0 Å². The normalized spacial score (nSPS) is 24.1. The Morgan fingerprint density at radius 2 is 1.52 bits per heavy atom. The van der Waals surface area contributed by atoms with Crippen molar-refractivity contribution in [3.05, 3.63) is 12.2 Å². The van der Waals surface area contributed by atoms with Gasteiger partial charge in [0.2, 0.25) is 0 Å². The van der Waals surface area contributed by atoms with Crippen molar-refractivity contribution in [2.45, 2.75) is 108 Å². The Kier molecular flexibility index (Phi) is 15.0. The third kappa shape index (κ3) is 11.2. The van der Waals surface area contributed by atoms with E-state index in [2.05, 4.69) is 19.1 Å². The molecule has 0 saturated carbocycles. The van der Waals surface area contributed by atoms with Gasteiger partial charge >= 0.3 is 0 Å². The lowest BCUT2D eigenvalue weighted by Gasteiger charge is -2.24. The van der Waals surface area contributed by atoms with Gasteiger partial charge in [-0.15, -0.1) is 0 Å². The van der Waals surface area contributed by atoms with E-state index in [1.54, 1.807) is 0 Å². The molecule has 0 unspecified atom stereocenters. The SMILES string of the molecule is CCCCCCCCCCC/C=C/CCCO[C@@H](CO)[C@@H]1OC[C@@H](O)[C@@H]1O. The molecule has 0 aromatic rings. The van der Waals surface area contributed by atoms with E-state index in [9.17, 15) is 15.3 Å². The van der Waals surface area contributed by atoms with Crippen molar-refractivity contribution in [3.63, 3.8) is 0 Å². The molecule has 5 heteroatoms. The smallest absolute Gasteiger partial charge is 0.114 e. The zero-order valence-electron chi connectivity index (χ0n) is 17.2. The highest BCUT2D eigenvalue weighted by Crippen LogP contribution is 2.19. The molecule has 5 nitrogen and oxygen atoms in total. The van der Waals surface area contributed by atoms with Crippen molar-refractivity contribution in [2.24, 2.45) is 0 Å². The van der Waals surface area contributed by atoms with E-state index in [0.717, 1.165) is 19.3 Å². The molecule has 0 amide bonds. The van der Waals surface area contributed by atoms with Gasteiger partial charge in [-0.3, -0.25) is 0 Å². The summed E-state index contributed by atoms with van der Waals surface area (Å²) in [7, 11) is 0. The molecule has 0 aromatic heterocycles. The van der Waals surface area contributed by atoms with E-state index in [1.165, 1.54) is 57.8 Å². The fourth-order valence-electron chi connectivity index (χ4n) is 3.45. The van der Waals surface area contributed by atoms with Gasteiger partial charge in [0.15, 0.2) is 0 Å². The average molecular weight is 387 g/mol. The third-order valence-electron chi connectivity index (χ3n) is 5.22. The van der Waals surface area contributed by atoms with Crippen LogP contribution in [0.5, 0.6) is 0 Å². The zero-order valence-corrected chi connectivity index (χ0v) is 17.2. The van der Waals surface area contributed by atoms with Crippen LogP contribution in [-0.4, -0.2) is 59.6 Å². The molecule has 0 radical (unpaired) electrons. The van der Waals surface area contributed by atoms with Gasteiger partial charge in [0.1, 0.15) is 24.4 Å². The quantitative estimate of drug-likeness (QED) is 0.262. The number of ether oxygens (including phenoxy) is 2. The molecule has 1 saturated heterocycles. The number of aliphatic hydroxyl groups is 3. The van der Waals surface area contributed by atoms with Crippen LogP contribution < -0.4 is 0 Å². The Bertz CT molecular complexity index is 361. The maximum atomic E-state index is 9.81. The van der Waals surface area contributed by atoms with Crippen molar-refractivity contribution < 1.29 is 24.8 Å². The van der Waals surface area contributed by atoms with E-state index in [-0.39, 0.29) is 13.2 Å². The second-order valence-electron chi connectivity index (χ2n) is 7.68. The highest BCUT2D eigenvalue weighted by Gasteiger charge is 2.40. The van der Waals surface area contributed by atoms with Gasteiger partial charge in [-0.25, -0.2) is 0 Å². The molecule has 3 N–H and O–H groups in total. The summed E-state index contributed by atoms with van der Waals surface area (Å²) in [6.07, 6.45) is 16.6. The molecule has 0 aromatic carbocycles. The summed E-state index contributed by atoms with van der Waals surface area (Å²) in [5.74, 6) is 0. The Labute approximate surface area is 165 Å². The number of rotatable bonds is 17. The molecule has 1 fully saturated rings. The molecular weight excluding hydrogens is 344 g/mol. The van der Waals surface area contributed by atoms with Crippen molar-refractivity contribution in [3.8, 4) is 0 Å². The molecule has 0 bridgehead atoms. The van der Waals surface area contributed by atoms with Crippen LogP contribution in [0.25, 0.3) is 0 Å². The largest absolute Gasteiger partial charge is 0.394 e. The van der Waals surface area contributed by atoms with Crippen LogP contribution in [0.4, 0.5) is 0 Å². The van der Waals surface area contributed by atoms with Gasteiger partial charge in [0.05, 0.1) is 13.2 Å². The minimum absolute atomic E-state index is 0.0906. The first-order valence-corrected chi connectivity index (χ1v) is 11.1. The minimum atomic E-state index is -0.988. The number of allylic oxidation sites excluding steroid dienone is 2. The summed E-state index contributed by atoms with van der Waals surface area (Å²) in [5, 5.41) is 28.7. The molecule has 1 aliphatic rings. The van der Waals surface area contributed by atoms with Crippen LogP contribution in [0.1, 0.15) is 84.0 Å². The molecule has 1 heterocycles. The van der Waals surface area contributed by atoms with E-state index in [0.29, 0.717) is 6.61 Å².